The Morgan fingerprint density at radius 1 is 0.913 bits per heavy atom. The number of nitrogens with one attached hydrogen (secondary N) is 1. The Hall–Kier alpha value is -2.43. The molecule has 3 aromatic rings. The first-order valence-corrected chi connectivity index (χ1v) is 7.61. The fraction of sp³-hybridized carbons (Fsp3) is 0. The van der Waals surface area contributed by atoms with Crippen molar-refractivity contribution in [1.29, 1.82) is 0 Å². The summed E-state index contributed by atoms with van der Waals surface area (Å²) in [4.78, 5) is 8.63. The molecule has 1 heterocycles. The van der Waals surface area contributed by atoms with Crippen LogP contribution in [0.3, 0.4) is 0 Å². The molecule has 0 fully saturated rings. The Morgan fingerprint density at radius 2 is 1.74 bits per heavy atom. The third kappa shape index (κ3) is 4.28. The summed E-state index contributed by atoms with van der Waals surface area (Å²) in [6.45, 7) is 0. The number of hydrogen-bond acceptors (Lipinski definition) is 4. The quantitative estimate of drug-likeness (QED) is 0.417. The maximum Gasteiger partial charge on any atom is 0.163 e. The van der Waals surface area contributed by atoms with Crippen LogP contribution < -0.4 is 5.43 Å². The Labute approximate surface area is 143 Å². The van der Waals surface area contributed by atoms with Crippen molar-refractivity contribution in [3.8, 4) is 11.4 Å². The van der Waals surface area contributed by atoms with Crippen LogP contribution >= 0.6 is 23.2 Å². The van der Waals surface area contributed by atoms with Crippen molar-refractivity contribution in [2.75, 3.05) is 5.43 Å². The summed E-state index contributed by atoms with van der Waals surface area (Å²) in [6, 6.07) is 18.6. The average molecular weight is 343 g/mol. The van der Waals surface area contributed by atoms with Crippen molar-refractivity contribution < 1.29 is 0 Å². The average Bonchev–Trinajstić information content (AvgIpc) is 2.55. The van der Waals surface area contributed by atoms with Gasteiger partial charge in [0.25, 0.3) is 0 Å². The van der Waals surface area contributed by atoms with Gasteiger partial charge in [-0.15, -0.1) is 0 Å². The summed E-state index contributed by atoms with van der Waals surface area (Å²) < 4.78 is 0. The molecule has 4 nitrogen and oxygen atoms in total. The molecule has 0 unspecified atom stereocenters. The van der Waals surface area contributed by atoms with E-state index >= 15 is 0 Å². The Bertz CT molecular complexity index is 835. The van der Waals surface area contributed by atoms with Crippen LogP contribution in [0.15, 0.2) is 65.8 Å². The minimum atomic E-state index is 0.347. The fourth-order valence-electron chi connectivity index (χ4n) is 1.95. The second-order valence-electron chi connectivity index (χ2n) is 4.69. The lowest BCUT2D eigenvalue weighted by Gasteiger charge is -2.04. The highest BCUT2D eigenvalue weighted by Gasteiger charge is 2.05. The van der Waals surface area contributed by atoms with E-state index in [9.17, 15) is 0 Å². The van der Waals surface area contributed by atoms with Crippen molar-refractivity contribution in [3.63, 3.8) is 0 Å². The number of nitrogens with zero attached hydrogens (tertiary/aromatic N) is 3. The first kappa shape index (κ1) is 15.5. The van der Waals surface area contributed by atoms with Gasteiger partial charge in [-0.1, -0.05) is 65.7 Å². The minimum Gasteiger partial charge on any atom is -0.261 e. The first-order valence-electron chi connectivity index (χ1n) is 6.85. The fourth-order valence-corrected chi connectivity index (χ4v) is 2.33. The molecule has 1 aromatic heterocycles. The second-order valence-corrected chi connectivity index (χ2v) is 5.51. The summed E-state index contributed by atoms with van der Waals surface area (Å²) in [5.74, 6) is 1.06. The smallest absolute Gasteiger partial charge is 0.163 e. The van der Waals surface area contributed by atoms with Crippen LogP contribution in [0.5, 0.6) is 0 Å². The van der Waals surface area contributed by atoms with Crippen molar-refractivity contribution in [3.05, 3.63) is 76.4 Å². The second kappa shape index (κ2) is 7.22. The van der Waals surface area contributed by atoms with Gasteiger partial charge in [-0.3, -0.25) is 5.43 Å². The largest absolute Gasteiger partial charge is 0.261 e. The lowest BCUT2D eigenvalue weighted by atomic mass is 10.2. The molecule has 3 rings (SSSR count). The van der Waals surface area contributed by atoms with Crippen LogP contribution in [-0.4, -0.2) is 16.2 Å². The SMILES string of the molecule is Clc1cccc(/C=N/Nc2cc(Cl)nc(-c3ccccc3)n2)c1. The number of halogens is 2. The van der Waals surface area contributed by atoms with Gasteiger partial charge in [0, 0.05) is 16.7 Å². The number of anilines is 1. The van der Waals surface area contributed by atoms with E-state index in [1.54, 1.807) is 12.3 Å². The third-order valence-corrected chi connectivity index (χ3v) is 3.40. The zero-order valence-electron chi connectivity index (χ0n) is 11.9. The maximum atomic E-state index is 6.06. The van der Waals surface area contributed by atoms with Crippen LogP contribution in [0, 0.1) is 0 Å². The van der Waals surface area contributed by atoms with Gasteiger partial charge in [-0.2, -0.15) is 5.10 Å². The highest BCUT2D eigenvalue weighted by Crippen LogP contribution is 2.20. The highest BCUT2D eigenvalue weighted by molar-refractivity contribution is 6.30. The van der Waals surface area contributed by atoms with E-state index in [0.717, 1.165) is 11.1 Å². The zero-order chi connectivity index (χ0) is 16.1. The van der Waals surface area contributed by atoms with Crippen molar-refractivity contribution in [2.45, 2.75) is 0 Å². The Morgan fingerprint density at radius 3 is 2.52 bits per heavy atom. The van der Waals surface area contributed by atoms with Gasteiger partial charge in [0.05, 0.1) is 6.21 Å². The van der Waals surface area contributed by atoms with Crippen molar-refractivity contribution >= 4 is 35.2 Å². The molecule has 0 bridgehead atoms. The number of benzene rings is 2. The van der Waals surface area contributed by atoms with Crippen LogP contribution in [0.2, 0.25) is 10.2 Å². The molecular formula is C17H12Cl2N4. The molecule has 1 N–H and O–H groups in total. The molecule has 0 radical (unpaired) electrons. The van der Waals surface area contributed by atoms with Crippen LogP contribution in [0.1, 0.15) is 5.56 Å². The van der Waals surface area contributed by atoms with Crippen LogP contribution in [0.4, 0.5) is 5.82 Å². The lowest BCUT2D eigenvalue weighted by Crippen LogP contribution is -1.97. The minimum absolute atomic E-state index is 0.347. The van der Waals surface area contributed by atoms with Gasteiger partial charge in [-0.25, -0.2) is 9.97 Å². The summed E-state index contributed by atoms with van der Waals surface area (Å²) >= 11 is 12.0. The molecular weight excluding hydrogens is 331 g/mol. The van der Waals surface area contributed by atoms with E-state index in [4.69, 9.17) is 23.2 Å². The molecule has 0 amide bonds. The van der Waals surface area contributed by atoms with E-state index in [0.29, 0.717) is 21.8 Å². The van der Waals surface area contributed by atoms with E-state index < -0.39 is 0 Å². The molecule has 0 aliphatic heterocycles. The molecule has 0 saturated heterocycles. The highest BCUT2D eigenvalue weighted by atomic mass is 35.5. The maximum absolute atomic E-state index is 6.06. The summed E-state index contributed by atoms with van der Waals surface area (Å²) in [5.41, 5.74) is 4.62. The predicted octanol–water partition coefficient (Wildman–Crippen LogP) is 4.90. The molecule has 114 valence electrons. The molecule has 0 aliphatic carbocycles. The lowest BCUT2D eigenvalue weighted by molar-refractivity contribution is 1.15. The Balaban J connectivity index is 1.79. The molecule has 2 aromatic carbocycles. The van der Waals surface area contributed by atoms with E-state index in [1.165, 1.54) is 0 Å². The van der Waals surface area contributed by atoms with Crippen molar-refractivity contribution in [1.82, 2.24) is 9.97 Å². The summed E-state index contributed by atoms with van der Waals surface area (Å²) in [7, 11) is 0. The zero-order valence-corrected chi connectivity index (χ0v) is 13.5. The third-order valence-electron chi connectivity index (χ3n) is 2.97. The summed E-state index contributed by atoms with van der Waals surface area (Å²) in [5, 5.41) is 5.15. The Kier molecular flexibility index (Phi) is 4.86. The van der Waals surface area contributed by atoms with Gasteiger partial charge in [0.15, 0.2) is 11.6 Å². The van der Waals surface area contributed by atoms with Crippen molar-refractivity contribution in [2.24, 2.45) is 5.10 Å². The number of aromatic nitrogens is 2. The van der Waals surface area contributed by atoms with Crippen LogP contribution in [0.25, 0.3) is 11.4 Å². The topological polar surface area (TPSA) is 50.2 Å². The summed E-state index contributed by atoms with van der Waals surface area (Å²) in [6.07, 6.45) is 1.66. The monoisotopic (exact) mass is 342 g/mol. The predicted molar refractivity (Wildman–Crippen MR) is 95.1 cm³/mol. The van der Waals surface area contributed by atoms with Gasteiger partial charge >= 0.3 is 0 Å². The normalized spacial score (nSPS) is 10.9. The molecule has 0 spiro atoms. The number of rotatable bonds is 4. The van der Waals surface area contributed by atoms with Gasteiger partial charge in [-0.05, 0) is 17.7 Å². The van der Waals surface area contributed by atoms with E-state index in [-0.39, 0.29) is 0 Å². The van der Waals surface area contributed by atoms with Gasteiger partial charge in [0.1, 0.15) is 5.15 Å². The molecule has 6 heteroatoms. The van der Waals surface area contributed by atoms with Crippen LogP contribution in [-0.2, 0) is 0 Å². The number of hydrogen-bond donors (Lipinski definition) is 1. The standard InChI is InChI=1S/C17H12Cl2N4/c18-14-8-4-5-12(9-14)11-20-23-16-10-15(19)21-17(22-16)13-6-2-1-3-7-13/h1-11H,(H,21,22,23)/b20-11+. The molecule has 23 heavy (non-hydrogen) atoms. The van der Waals surface area contributed by atoms with Gasteiger partial charge < -0.3 is 0 Å². The first-order chi connectivity index (χ1) is 11.2. The van der Waals surface area contributed by atoms with E-state index in [2.05, 4.69) is 20.5 Å². The number of hydrazone groups is 1. The molecule has 0 aliphatic rings. The van der Waals surface area contributed by atoms with E-state index in [1.807, 2.05) is 54.6 Å². The molecule has 0 atom stereocenters. The molecule has 0 saturated carbocycles. The van der Waals surface area contributed by atoms with Gasteiger partial charge in [0.2, 0.25) is 0 Å².